The zero-order valence-electron chi connectivity index (χ0n) is 12.1. The lowest BCUT2D eigenvalue weighted by Gasteiger charge is -2.29. The summed E-state index contributed by atoms with van der Waals surface area (Å²) in [5, 5.41) is 5.81. The van der Waals surface area contributed by atoms with E-state index in [9.17, 15) is 0 Å². The molecule has 2 nitrogen and oxygen atoms in total. The maximum Gasteiger partial charge on any atom is 0.0472 e. The van der Waals surface area contributed by atoms with E-state index in [1.165, 1.54) is 43.1 Å². The molecule has 1 saturated carbocycles. The fraction of sp³-hybridized carbons (Fsp3) is 0.529. The minimum absolute atomic E-state index is 0.686. The fourth-order valence-corrected chi connectivity index (χ4v) is 3.58. The predicted molar refractivity (Wildman–Crippen MR) is 86.2 cm³/mol. The van der Waals surface area contributed by atoms with Gasteiger partial charge in [-0.2, -0.15) is 0 Å². The maximum absolute atomic E-state index is 6.02. The molecule has 0 saturated heterocycles. The number of aromatic amines is 1. The number of nitrogens with one attached hydrogen (secondary N) is 2. The Bertz CT molecular complexity index is 575. The molecule has 108 valence electrons. The first-order valence-corrected chi connectivity index (χ1v) is 8.13. The van der Waals surface area contributed by atoms with Gasteiger partial charge in [0.1, 0.15) is 0 Å². The van der Waals surface area contributed by atoms with Crippen LogP contribution in [0.5, 0.6) is 0 Å². The molecule has 2 aromatic rings. The molecule has 1 aliphatic carbocycles. The molecule has 20 heavy (non-hydrogen) atoms. The van der Waals surface area contributed by atoms with Crippen LogP contribution in [0.4, 0.5) is 0 Å². The van der Waals surface area contributed by atoms with E-state index in [2.05, 4.69) is 29.5 Å². The number of fused-ring (bicyclic) bond motifs is 1. The normalized spacial score (nSPS) is 23.3. The second kappa shape index (κ2) is 6.19. The largest absolute Gasteiger partial charge is 0.361 e. The minimum atomic E-state index is 0.686. The topological polar surface area (TPSA) is 27.8 Å². The molecule has 0 radical (unpaired) electrons. The van der Waals surface area contributed by atoms with Gasteiger partial charge >= 0.3 is 0 Å². The number of H-pyrrole nitrogens is 1. The lowest BCUT2D eigenvalue weighted by Crippen LogP contribution is -2.33. The van der Waals surface area contributed by atoms with Gasteiger partial charge in [-0.15, -0.1) is 0 Å². The molecule has 1 heterocycles. The number of rotatable bonds is 4. The van der Waals surface area contributed by atoms with Crippen molar-refractivity contribution in [3.8, 4) is 0 Å². The standard InChI is InChI=1S/C17H23ClN2/c1-2-12-4-3-5-15(8-12)19-10-13-11-20-17-9-14(18)6-7-16(13)17/h6-7,9,11-12,15,19-20H,2-5,8,10H2,1H3. The number of aromatic nitrogens is 1. The third-order valence-corrected chi connectivity index (χ3v) is 4.91. The lowest BCUT2D eigenvalue weighted by atomic mass is 9.84. The Morgan fingerprint density at radius 3 is 3.10 bits per heavy atom. The molecule has 1 aromatic heterocycles. The van der Waals surface area contributed by atoms with Gasteiger partial charge in [-0.3, -0.25) is 0 Å². The number of halogens is 1. The number of benzene rings is 1. The Morgan fingerprint density at radius 1 is 1.35 bits per heavy atom. The van der Waals surface area contributed by atoms with Gasteiger partial charge in [0, 0.05) is 34.7 Å². The SMILES string of the molecule is CCC1CCCC(NCc2c[nH]c3cc(Cl)ccc23)C1. The Labute approximate surface area is 125 Å². The van der Waals surface area contributed by atoms with Gasteiger partial charge in [-0.25, -0.2) is 0 Å². The highest BCUT2D eigenvalue weighted by molar-refractivity contribution is 6.31. The van der Waals surface area contributed by atoms with Crippen molar-refractivity contribution in [3.05, 3.63) is 35.0 Å². The van der Waals surface area contributed by atoms with Crippen molar-refractivity contribution >= 4 is 22.5 Å². The first-order chi connectivity index (χ1) is 9.76. The monoisotopic (exact) mass is 290 g/mol. The molecular weight excluding hydrogens is 268 g/mol. The summed E-state index contributed by atoms with van der Waals surface area (Å²) >= 11 is 6.02. The van der Waals surface area contributed by atoms with Crippen molar-refractivity contribution in [2.75, 3.05) is 0 Å². The summed E-state index contributed by atoms with van der Waals surface area (Å²) < 4.78 is 0. The summed E-state index contributed by atoms with van der Waals surface area (Å²) in [4.78, 5) is 3.31. The van der Waals surface area contributed by atoms with Gasteiger partial charge in [0.25, 0.3) is 0 Å². The first kappa shape index (κ1) is 14.0. The Morgan fingerprint density at radius 2 is 2.25 bits per heavy atom. The zero-order valence-corrected chi connectivity index (χ0v) is 12.8. The average Bonchev–Trinajstić information content (AvgIpc) is 2.87. The van der Waals surface area contributed by atoms with Crippen LogP contribution in [0, 0.1) is 5.92 Å². The molecule has 2 unspecified atom stereocenters. The van der Waals surface area contributed by atoms with Gasteiger partial charge in [-0.05, 0) is 36.5 Å². The van der Waals surface area contributed by atoms with Crippen LogP contribution in [0.2, 0.25) is 5.02 Å². The zero-order chi connectivity index (χ0) is 13.9. The molecular formula is C17H23ClN2. The summed E-state index contributed by atoms with van der Waals surface area (Å²) in [7, 11) is 0. The van der Waals surface area contributed by atoms with E-state index in [1.54, 1.807) is 0 Å². The lowest BCUT2D eigenvalue weighted by molar-refractivity contribution is 0.278. The quantitative estimate of drug-likeness (QED) is 0.825. The molecule has 1 aliphatic rings. The molecule has 0 aliphatic heterocycles. The van der Waals surface area contributed by atoms with E-state index in [1.807, 2.05) is 12.1 Å². The van der Waals surface area contributed by atoms with Gasteiger partial charge in [0.2, 0.25) is 0 Å². The van der Waals surface area contributed by atoms with Crippen molar-refractivity contribution in [1.82, 2.24) is 10.3 Å². The molecule has 0 bridgehead atoms. The van der Waals surface area contributed by atoms with Crippen molar-refractivity contribution < 1.29 is 0 Å². The van der Waals surface area contributed by atoms with Crippen LogP contribution < -0.4 is 5.32 Å². The highest BCUT2D eigenvalue weighted by Gasteiger charge is 2.20. The Kier molecular flexibility index (Phi) is 4.32. The van der Waals surface area contributed by atoms with E-state index in [4.69, 9.17) is 11.6 Å². The number of hydrogen-bond donors (Lipinski definition) is 2. The van der Waals surface area contributed by atoms with Crippen LogP contribution in [-0.2, 0) is 6.54 Å². The van der Waals surface area contributed by atoms with Gasteiger partial charge in [0.05, 0.1) is 0 Å². The summed E-state index contributed by atoms with van der Waals surface area (Å²) in [6.07, 6.45) is 8.88. The smallest absolute Gasteiger partial charge is 0.0472 e. The van der Waals surface area contributed by atoms with Crippen LogP contribution in [0.3, 0.4) is 0 Å². The second-order valence-corrected chi connectivity index (χ2v) is 6.46. The van der Waals surface area contributed by atoms with E-state index >= 15 is 0 Å². The summed E-state index contributed by atoms with van der Waals surface area (Å²) in [5.41, 5.74) is 2.47. The summed E-state index contributed by atoms with van der Waals surface area (Å²) in [6, 6.07) is 6.76. The maximum atomic E-state index is 6.02. The summed E-state index contributed by atoms with van der Waals surface area (Å²) in [5.74, 6) is 0.919. The van der Waals surface area contributed by atoms with Gasteiger partial charge < -0.3 is 10.3 Å². The van der Waals surface area contributed by atoms with E-state index in [0.29, 0.717) is 6.04 Å². The molecule has 1 aromatic carbocycles. The van der Waals surface area contributed by atoms with Crippen LogP contribution in [0.25, 0.3) is 10.9 Å². The van der Waals surface area contributed by atoms with E-state index in [-0.39, 0.29) is 0 Å². The molecule has 3 rings (SSSR count). The summed E-state index contributed by atoms with van der Waals surface area (Å²) in [6.45, 7) is 3.26. The highest BCUT2D eigenvalue weighted by atomic mass is 35.5. The molecule has 2 atom stereocenters. The minimum Gasteiger partial charge on any atom is -0.361 e. The van der Waals surface area contributed by atoms with Crippen molar-refractivity contribution in [1.29, 1.82) is 0 Å². The molecule has 0 amide bonds. The first-order valence-electron chi connectivity index (χ1n) is 7.75. The predicted octanol–water partition coefficient (Wildman–Crippen LogP) is 4.88. The second-order valence-electron chi connectivity index (χ2n) is 6.02. The third kappa shape index (κ3) is 3.02. The van der Waals surface area contributed by atoms with Crippen LogP contribution in [0.15, 0.2) is 24.4 Å². The fourth-order valence-electron chi connectivity index (χ4n) is 3.41. The van der Waals surface area contributed by atoms with Crippen molar-refractivity contribution in [2.24, 2.45) is 5.92 Å². The molecule has 1 fully saturated rings. The molecule has 3 heteroatoms. The van der Waals surface area contributed by atoms with E-state index in [0.717, 1.165) is 23.0 Å². The number of hydrogen-bond acceptors (Lipinski definition) is 1. The average molecular weight is 291 g/mol. The molecule has 2 N–H and O–H groups in total. The van der Waals surface area contributed by atoms with E-state index < -0.39 is 0 Å². The third-order valence-electron chi connectivity index (χ3n) is 4.67. The molecule has 0 spiro atoms. The van der Waals surface area contributed by atoms with Crippen LogP contribution in [-0.4, -0.2) is 11.0 Å². The van der Waals surface area contributed by atoms with Crippen molar-refractivity contribution in [2.45, 2.75) is 51.6 Å². The van der Waals surface area contributed by atoms with Gasteiger partial charge in [0.15, 0.2) is 0 Å². The van der Waals surface area contributed by atoms with Crippen LogP contribution >= 0.6 is 11.6 Å². The van der Waals surface area contributed by atoms with Crippen LogP contribution in [0.1, 0.15) is 44.6 Å². The van der Waals surface area contributed by atoms with Gasteiger partial charge in [-0.1, -0.05) is 43.9 Å². The van der Waals surface area contributed by atoms with Crippen molar-refractivity contribution in [3.63, 3.8) is 0 Å². The Balaban J connectivity index is 1.65. The Hall–Kier alpha value is -0.990. The highest BCUT2D eigenvalue weighted by Crippen LogP contribution is 2.27.